The van der Waals surface area contributed by atoms with Crippen molar-refractivity contribution in [2.24, 2.45) is 0 Å². The number of amides is 1. The van der Waals surface area contributed by atoms with Gasteiger partial charge in [0, 0.05) is 25.9 Å². The Balaban J connectivity index is 1.74. The van der Waals surface area contributed by atoms with E-state index in [1.807, 2.05) is 30.0 Å². The van der Waals surface area contributed by atoms with Crippen LogP contribution in [0, 0.1) is 0 Å². The van der Waals surface area contributed by atoms with Crippen molar-refractivity contribution in [2.45, 2.75) is 44.9 Å². The third-order valence-electron chi connectivity index (χ3n) is 4.93. The van der Waals surface area contributed by atoms with Crippen molar-refractivity contribution in [2.75, 3.05) is 20.2 Å². The first-order valence-corrected chi connectivity index (χ1v) is 8.90. The summed E-state index contributed by atoms with van der Waals surface area (Å²) in [7, 11) is 1.67. The fraction of sp³-hybridized carbons (Fsp3) is 0.500. The highest BCUT2D eigenvalue weighted by molar-refractivity contribution is 5.76. The van der Waals surface area contributed by atoms with E-state index in [9.17, 15) is 4.79 Å². The van der Waals surface area contributed by atoms with Crippen molar-refractivity contribution in [3.63, 3.8) is 0 Å². The van der Waals surface area contributed by atoms with Gasteiger partial charge in [0.05, 0.1) is 18.7 Å². The Labute approximate surface area is 149 Å². The predicted octanol–water partition coefficient (Wildman–Crippen LogP) is 3.56. The normalized spacial score (nSPS) is 20.5. The monoisotopic (exact) mass is 342 g/mol. The Hall–Kier alpha value is -2.30. The molecule has 1 aliphatic rings. The molecule has 1 saturated heterocycles. The minimum absolute atomic E-state index is 0.203. The molecule has 3 rings (SSSR count). The second-order valence-corrected chi connectivity index (χ2v) is 6.99. The van der Waals surface area contributed by atoms with Crippen LogP contribution in [0.5, 0.6) is 5.75 Å². The van der Waals surface area contributed by atoms with Gasteiger partial charge in [-0.2, -0.15) is 0 Å². The Morgan fingerprint density at radius 3 is 3.04 bits per heavy atom. The lowest BCUT2D eigenvalue weighted by molar-refractivity contribution is -0.133. The highest BCUT2D eigenvalue weighted by Crippen LogP contribution is 2.34. The van der Waals surface area contributed by atoms with E-state index in [2.05, 4.69) is 18.0 Å². The number of methoxy groups -OCH3 is 1. The number of carbonyl (C=O) groups excluding carboxylic acids is 1. The summed E-state index contributed by atoms with van der Waals surface area (Å²) in [5, 5.41) is 0. The maximum atomic E-state index is 12.1. The summed E-state index contributed by atoms with van der Waals surface area (Å²) in [5.41, 5.74) is 0.911. The lowest BCUT2D eigenvalue weighted by Crippen LogP contribution is -2.47. The third kappa shape index (κ3) is 3.86. The molecular weight excluding hydrogens is 316 g/mol. The van der Waals surface area contributed by atoms with E-state index >= 15 is 0 Å². The number of hydrogen-bond acceptors (Lipinski definition) is 4. The van der Waals surface area contributed by atoms with Crippen molar-refractivity contribution in [1.29, 1.82) is 0 Å². The van der Waals surface area contributed by atoms with Crippen LogP contribution in [0.1, 0.15) is 50.3 Å². The molecule has 0 aliphatic carbocycles. The summed E-state index contributed by atoms with van der Waals surface area (Å²) < 4.78 is 11.3. The van der Waals surface area contributed by atoms with E-state index in [4.69, 9.17) is 9.15 Å². The molecule has 25 heavy (non-hydrogen) atoms. The minimum Gasteiger partial charge on any atom is -0.497 e. The third-order valence-corrected chi connectivity index (χ3v) is 4.93. The lowest BCUT2D eigenvalue weighted by Gasteiger charge is -2.38. The summed E-state index contributed by atoms with van der Waals surface area (Å²) in [4.78, 5) is 18.5. The van der Waals surface area contributed by atoms with E-state index in [0.29, 0.717) is 19.4 Å². The summed E-state index contributed by atoms with van der Waals surface area (Å²) in [5.74, 6) is 2.61. The van der Waals surface area contributed by atoms with Crippen molar-refractivity contribution in [3.05, 3.63) is 47.7 Å². The van der Waals surface area contributed by atoms with Gasteiger partial charge in [-0.1, -0.05) is 19.1 Å². The highest BCUT2D eigenvalue weighted by Gasteiger charge is 2.38. The molecule has 2 heterocycles. The van der Waals surface area contributed by atoms with E-state index in [-0.39, 0.29) is 11.3 Å². The molecular formula is C20H26N2O3. The standard InChI is InChI=1S/C20H26N2O3/c1-4-18(23)22-10-6-9-20(2,14-22)19-21-13-17(25-19)12-15-7-5-8-16(11-15)24-3/h5,7-8,11,13H,4,6,9-10,12,14H2,1-3H3. The molecule has 0 bridgehead atoms. The first kappa shape index (κ1) is 17.5. The molecule has 1 unspecified atom stereocenters. The van der Waals surface area contributed by atoms with Crippen molar-refractivity contribution >= 4 is 5.91 Å². The van der Waals surface area contributed by atoms with E-state index in [0.717, 1.165) is 42.4 Å². The molecule has 5 nitrogen and oxygen atoms in total. The number of hydrogen-bond donors (Lipinski definition) is 0. The Morgan fingerprint density at radius 1 is 1.44 bits per heavy atom. The van der Waals surface area contributed by atoms with Crippen LogP contribution in [0.4, 0.5) is 0 Å². The van der Waals surface area contributed by atoms with Gasteiger partial charge in [0.1, 0.15) is 11.5 Å². The number of likely N-dealkylation sites (tertiary alicyclic amines) is 1. The second-order valence-electron chi connectivity index (χ2n) is 6.99. The molecule has 0 spiro atoms. The molecule has 1 atom stereocenters. The van der Waals surface area contributed by atoms with Crippen LogP contribution < -0.4 is 4.74 Å². The van der Waals surface area contributed by atoms with Gasteiger partial charge >= 0.3 is 0 Å². The first-order chi connectivity index (χ1) is 12.0. The van der Waals surface area contributed by atoms with Gasteiger partial charge in [-0.15, -0.1) is 0 Å². The summed E-state index contributed by atoms with van der Waals surface area (Å²) in [6.07, 6.45) is 5.00. The molecule has 1 aliphatic heterocycles. The van der Waals surface area contributed by atoms with Crippen LogP contribution in [0.3, 0.4) is 0 Å². The van der Waals surface area contributed by atoms with Crippen LogP contribution in [0.15, 0.2) is 34.9 Å². The second kappa shape index (κ2) is 7.30. The van der Waals surface area contributed by atoms with Gasteiger partial charge < -0.3 is 14.1 Å². The highest BCUT2D eigenvalue weighted by atomic mass is 16.5. The summed E-state index contributed by atoms with van der Waals surface area (Å²) in [6.45, 7) is 5.56. The number of aromatic nitrogens is 1. The molecule has 0 radical (unpaired) electrons. The van der Waals surface area contributed by atoms with Crippen molar-refractivity contribution in [1.82, 2.24) is 9.88 Å². The minimum atomic E-state index is -0.213. The first-order valence-electron chi connectivity index (χ1n) is 8.90. The Morgan fingerprint density at radius 2 is 2.28 bits per heavy atom. The maximum absolute atomic E-state index is 12.1. The zero-order chi connectivity index (χ0) is 17.9. The summed E-state index contributed by atoms with van der Waals surface area (Å²) in [6, 6.07) is 7.96. The number of carbonyl (C=O) groups is 1. The number of oxazole rings is 1. The number of nitrogens with zero attached hydrogens (tertiary/aromatic N) is 2. The van der Waals surface area contributed by atoms with Crippen LogP contribution in [0.25, 0.3) is 0 Å². The van der Waals surface area contributed by atoms with Gasteiger partial charge in [0.2, 0.25) is 11.8 Å². The van der Waals surface area contributed by atoms with E-state index in [1.165, 1.54) is 0 Å². The fourth-order valence-corrected chi connectivity index (χ4v) is 3.50. The topological polar surface area (TPSA) is 55.6 Å². The molecule has 1 aromatic heterocycles. The fourth-order valence-electron chi connectivity index (χ4n) is 3.50. The predicted molar refractivity (Wildman–Crippen MR) is 95.8 cm³/mol. The molecule has 2 aromatic rings. The number of ether oxygens (including phenoxy) is 1. The maximum Gasteiger partial charge on any atom is 0.222 e. The molecule has 1 aromatic carbocycles. The molecule has 1 fully saturated rings. The van der Waals surface area contributed by atoms with Crippen LogP contribution >= 0.6 is 0 Å². The molecule has 5 heteroatoms. The zero-order valence-corrected chi connectivity index (χ0v) is 15.2. The molecule has 0 saturated carbocycles. The van der Waals surface area contributed by atoms with Gasteiger partial charge in [0.15, 0.2) is 0 Å². The van der Waals surface area contributed by atoms with Gasteiger partial charge in [-0.25, -0.2) is 4.98 Å². The van der Waals surface area contributed by atoms with Gasteiger partial charge in [-0.3, -0.25) is 4.79 Å². The SMILES string of the molecule is CCC(=O)N1CCCC(C)(c2ncc(Cc3cccc(OC)c3)o2)C1. The molecule has 1 amide bonds. The van der Waals surface area contributed by atoms with Gasteiger partial charge in [0.25, 0.3) is 0 Å². The quantitative estimate of drug-likeness (QED) is 0.834. The van der Waals surface area contributed by atoms with Crippen LogP contribution in [-0.2, 0) is 16.6 Å². The van der Waals surface area contributed by atoms with Crippen molar-refractivity contribution in [3.8, 4) is 5.75 Å². The average Bonchev–Trinajstić information content (AvgIpc) is 3.10. The average molecular weight is 342 g/mol. The lowest BCUT2D eigenvalue weighted by atomic mass is 9.81. The Kier molecular flexibility index (Phi) is 5.11. The smallest absolute Gasteiger partial charge is 0.222 e. The largest absolute Gasteiger partial charge is 0.497 e. The van der Waals surface area contributed by atoms with Crippen molar-refractivity contribution < 1.29 is 13.9 Å². The number of benzene rings is 1. The van der Waals surface area contributed by atoms with E-state index in [1.54, 1.807) is 13.3 Å². The zero-order valence-electron chi connectivity index (χ0n) is 15.2. The van der Waals surface area contributed by atoms with Crippen LogP contribution in [0.2, 0.25) is 0 Å². The number of rotatable bonds is 5. The number of piperidine rings is 1. The summed E-state index contributed by atoms with van der Waals surface area (Å²) >= 11 is 0. The molecule has 134 valence electrons. The molecule has 0 N–H and O–H groups in total. The van der Waals surface area contributed by atoms with E-state index < -0.39 is 0 Å². The van der Waals surface area contributed by atoms with Gasteiger partial charge in [-0.05, 0) is 37.5 Å². The van der Waals surface area contributed by atoms with Crippen LogP contribution in [-0.4, -0.2) is 36.0 Å². The Bertz CT molecular complexity index is 740.